The normalized spacial score (nSPS) is 20.7. The minimum atomic E-state index is -0.104. The van der Waals surface area contributed by atoms with Crippen molar-refractivity contribution in [3.8, 4) is 0 Å². The number of nitrogens with zero attached hydrogens (tertiary/aromatic N) is 1. The molecule has 0 spiro atoms. The van der Waals surface area contributed by atoms with E-state index in [1.54, 1.807) is 0 Å². The summed E-state index contributed by atoms with van der Waals surface area (Å²) >= 11 is 0. The summed E-state index contributed by atoms with van der Waals surface area (Å²) in [6.45, 7) is 6.65. The Hall–Kier alpha value is -0.900. The highest BCUT2D eigenvalue weighted by molar-refractivity contribution is 5.18. The number of hydrogen-bond acceptors (Lipinski definition) is 3. The largest absolute Gasteiger partial charge is 0.394 e. The third-order valence-corrected chi connectivity index (χ3v) is 4.34. The van der Waals surface area contributed by atoms with Crippen LogP contribution in [0.3, 0.4) is 0 Å². The van der Waals surface area contributed by atoms with Crippen LogP contribution in [0.5, 0.6) is 0 Å². The van der Waals surface area contributed by atoms with Crippen molar-refractivity contribution < 1.29 is 5.11 Å². The van der Waals surface area contributed by atoms with Crippen LogP contribution < -0.4 is 5.32 Å². The van der Waals surface area contributed by atoms with E-state index in [9.17, 15) is 5.11 Å². The molecule has 1 aromatic carbocycles. The summed E-state index contributed by atoms with van der Waals surface area (Å²) in [5.41, 5.74) is 1.21. The Morgan fingerprint density at radius 2 is 2.00 bits per heavy atom. The van der Waals surface area contributed by atoms with Crippen molar-refractivity contribution in [2.45, 2.75) is 31.7 Å². The second-order valence-corrected chi connectivity index (χ2v) is 5.49. The van der Waals surface area contributed by atoms with E-state index in [1.807, 2.05) is 6.07 Å². The third kappa shape index (κ3) is 3.56. The van der Waals surface area contributed by atoms with Gasteiger partial charge in [-0.15, -0.1) is 0 Å². The topological polar surface area (TPSA) is 35.5 Å². The first-order valence-corrected chi connectivity index (χ1v) is 7.41. The van der Waals surface area contributed by atoms with Crippen LogP contribution in [0.4, 0.5) is 0 Å². The fourth-order valence-corrected chi connectivity index (χ4v) is 3.02. The molecule has 1 heterocycles. The van der Waals surface area contributed by atoms with Gasteiger partial charge in [0, 0.05) is 25.2 Å². The van der Waals surface area contributed by atoms with E-state index in [2.05, 4.69) is 41.4 Å². The van der Waals surface area contributed by atoms with Gasteiger partial charge in [-0.2, -0.15) is 0 Å². The monoisotopic (exact) mass is 262 g/mol. The lowest BCUT2D eigenvalue weighted by atomic mass is 9.86. The van der Waals surface area contributed by atoms with Crippen LogP contribution in [-0.2, 0) is 6.42 Å². The maximum Gasteiger partial charge on any atom is 0.0618 e. The van der Waals surface area contributed by atoms with Crippen molar-refractivity contribution in [2.75, 3.05) is 32.8 Å². The van der Waals surface area contributed by atoms with Gasteiger partial charge in [-0.3, -0.25) is 4.90 Å². The zero-order valence-corrected chi connectivity index (χ0v) is 11.9. The quantitative estimate of drug-likeness (QED) is 0.847. The van der Waals surface area contributed by atoms with Crippen molar-refractivity contribution >= 4 is 0 Å². The molecule has 1 aliphatic rings. The Morgan fingerprint density at radius 1 is 1.21 bits per heavy atom. The van der Waals surface area contributed by atoms with Gasteiger partial charge < -0.3 is 10.4 Å². The molecule has 3 nitrogen and oxygen atoms in total. The maximum atomic E-state index is 10.0. The van der Waals surface area contributed by atoms with Crippen LogP contribution in [0, 0.1) is 0 Å². The summed E-state index contributed by atoms with van der Waals surface area (Å²) in [6.07, 6.45) is 3.08. The first-order chi connectivity index (χ1) is 9.30. The highest BCUT2D eigenvalue weighted by Crippen LogP contribution is 2.25. The van der Waals surface area contributed by atoms with Crippen LogP contribution in [0.1, 0.15) is 25.3 Å². The molecule has 0 bridgehead atoms. The summed E-state index contributed by atoms with van der Waals surface area (Å²) in [5.74, 6) is 0. The van der Waals surface area contributed by atoms with Crippen molar-refractivity contribution in [3.63, 3.8) is 0 Å². The van der Waals surface area contributed by atoms with Gasteiger partial charge in [0.1, 0.15) is 0 Å². The van der Waals surface area contributed by atoms with Crippen molar-refractivity contribution in [2.24, 2.45) is 0 Å². The first kappa shape index (κ1) is 14.5. The smallest absolute Gasteiger partial charge is 0.0618 e. The Bertz CT molecular complexity index is 354. The SMILES string of the molecule is CCC(CO)(Cc1ccccc1)N1CCCNCC1. The van der Waals surface area contributed by atoms with E-state index in [4.69, 9.17) is 0 Å². The lowest BCUT2D eigenvalue weighted by Crippen LogP contribution is -2.54. The number of nitrogens with one attached hydrogen (secondary N) is 1. The zero-order chi connectivity index (χ0) is 13.6. The summed E-state index contributed by atoms with van der Waals surface area (Å²) in [6, 6.07) is 10.5. The van der Waals surface area contributed by atoms with Gasteiger partial charge in [0.2, 0.25) is 0 Å². The summed E-state index contributed by atoms with van der Waals surface area (Å²) in [4.78, 5) is 2.49. The number of hydrogen-bond donors (Lipinski definition) is 2. The Labute approximate surface area is 116 Å². The van der Waals surface area contributed by atoms with Crippen LogP contribution in [-0.4, -0.2) is 48.3 Å². The molecule has 1 unspecified atom stereocenters. The standard InChI is InChI=1S/C16H26N2O/c1-2-16(14-19,13-15-7-4-3-5-8-15)18-11-6-9-17-10-12-18/h3-5,7-8,17,19H,2,6,9-14H2,1H3. The maximum absolute atomic E-state index is 10.0. The number of benzene rings is 1. The minimum absolute atomic E-state index is 0.104. The van der Waals surface area contributed by atoms with Crippen LogP contribution >= 0.6 is 0 Å². The first-order valence-electron chi connectivity index (χ1n) is 7.41. The van der Waals surface area contributed by atoms with Crippen LogP contribution in [0.15, 0.2) is 30.3 Å². The molecule has 1 saturated heterocycles. The summed E-state index contributed by atoms with van der Waals surface area (Å²) < 4.78 is 0. The molecule has 1 fully saturated rings. The van der Waals surface area contributed by atoms with Crippen LogP contribution in [0.2, 0.25) is 0 Å². The van der Waals surface area contributed by atoms with E-state index in [0.29, 0.717) is 0 Å². The second-order valence-electron chi connectivity index (χ2n) is 5.49. The fraction of sp³-hybridized carbons (Fsp3) is 0.625. The lowest BCUT2D eigenvalue weighted by molar-refractivity contribution is 0.0300. The average Bonchev–Trinajstić information content (AvgIpc) is 2.75. The van der Waals surface area contributed by atoms with Gasteiger partial charge in [-0.25, -0.2) is 0 Å². The van der Waals surface area contributed by atoms with Gasteiger partial charge in [0.15, 0.2) is 0 Å². The van der Waals surface area contributed by atoms with Crippen molar-refractivity contribution in [3.05, 3.63) is 35.9 Å². The van der Waals surface area contributed by atoms with Crippen LogP contribution in [0.25, 0.3) is 0 Å². The van der Waals surface area contributed by atoms with E-state index in [0.717, 1.165) is 45.4 Å². The zero-order valence-electron chi connectivity index (χ0n) is 11.9. The molecule has 106 valence electrons. The molecule has 2 N–H and O–H groups in total. The Kier molecular flexibility index (Phi) is 5.37. The molecule has 19 heavy (non-hydrogen) atoms. The van der Waals surface area contributed by atoms with Gasteiger partial charge in [0.25, 0.3) is 0 Å². The van der Waals surface area contributed by atoms with E-state index >= 15 is 0 Å². The highest BCUT2D eigenvalue weighted by Gasteiger charge is 2.34. The summed E-state index contributed by atoms with van der Waals surface area (Å²) in [5, 5.41) is 13.5. The van der Waals surface area contributed by atoms with Gasteiger partial charge >= 0.3 is 0 Å². The number of aliphatic hydroxyl groups excluding tert-OH is 1. The van der Waals surface area contributed by atoms with E-state index < -0.39 is 0 Å². The number of aliphatic hydroxyl groups is 1. The minimum Gasteiger partial charge on any atom is -0.394 e. The predicted octanol–water partition coefficient (Wildman–Crippen LogP) is 1.67. The fourth-order valence-electron chi connectivity index (χ4n) is 3.02. The molecule has 0 amide bonds. The molecular weight excluding hydrogens is 236 g/mol. The van der Waals surface area contributed by atoms with Gasteiger partial charge in [-0.1, -0.05) is 37.3 Å². The predicted molar refractivity (Wildman–Crippen MR) is 79.3 cm³/mol. The molecule has 1 atom stereocenters. The number of rotatable bonds is 5. The molecule has 1 aromatic rings. The molecule has 0 saturated carbocycles. The molecular formula is C16H26N2O. The van der Waals surface area contributed by atoms with E-state index in [1.165, 1.54) is 5.56 Å². The van der Waals surface area contributed by atoms with Gasteiger partial charge in [0.05, 0.1) is 6.61 Å². The summed E-state index contributed by atoms with van der Waals surface area (Å²) in [7, 11) is 0. The van der Waals surface area contributed by atoms with Crippen molar-refractivity contribution in [1.29, 1.82) is 0 Å². The molecule has 0 aromatic heterocycles. The molecule has 1 aliphatic heterocycles. The van der Waals surface area contributed by atoms with Gasteiger partial charge in [-0.05, 0) is 31.4 Å². The third-order valence-electron chi connectivity index (χ3n) is 4.34. The second kappa shape index (κ2) is 7.04. The molecule has 3 heteroatoms. The average molecular weight is 262 g/mol. The van der Waals surface area contributed by atoms with E-state index in [-0.39, 0.29) is 12.1 Å². The molecule has 2 rings (SSSR count). The molecule has 0 radical (unpaired) electrons. The highest BCUT2D eigenvalue weighted by atomic mass is 16.3. The Morgan fingerprint density at radius 3 is 2.68 bits per heavy atom. The Balaban J connectivity index is 2.15. The molecule has 0 aliphatic carbocycles. The lowest BCUT2D eigenvalue weighted by Gasteiger charge is -2.42. The van der Waals surface area contributed by atoms with Crippen molar-refractivity contribution in [1.82, 2.24) is 10.2 Å².